The summed E-state index contributed by atoms with van der Waals surface area (Å²) >= 11 is 0. The van der Waals surface area contributed by atoms with Gasteiger partial charge in [0, 0.05) is 32.1 Å². The fourth-order valence-electron chi connectivity index (χ4n) is 1.77. The van der Waals surface area contributed by atoms with Gasteiger partial charge in [-0.15, -0.1) is 0 Å². The third-order valence-corrected chi connectivity index (χ3v) is 2.69. The van der Waals surface area contributed by atoms with E-state index in [4.69, 9.17) is 5.11 Å². The number of nitrogens with one attached hydrogen (secondary N) is 1. The van der Waals surface area contributed by atoms with Crippen LogP contribution in [0.1, 0.15) is 26.2 Å². The molecule has 1 fully saturated rings. The summed E-state index contributed by atoms with van der Waals surface area (Å²) in [4.78, 5) is 13.4. The number of hydrogen-bond acceptors (Lipinski definition) is 3. The van der Waals surface area contributed by atoms with Crippen LogP contribution < -0.4 is 5.32 Å². The second-order valence-electron chi connectivity index (χ2n) is 3.76. The maximum atomic E-state index is 11.1. The molecule has 1 aliphatic rings. The zero-order valence-electron chi connectivity index (χ0n) is 8.83. The molecule has 2 N–H and O–H groups in total. The molecule has 1 amide bonds. The lowest BCUT2D eigenvalue weighted by molar-refractivity contribution is -0.121. The Labute approximate surface area is 85.3 Å². The fraction of sp³-hybridized carbons (Fsp3) is 0.900. The number of nitrogens with zero attached hydrogens (tertiary/aromatic N) is 1. The first kappa shape index (κ1) is 11.5. The van der Waals surface area contributed by atoms with E-state index < -0.39 is 0 Å². The fourth-order valence-corrected chi connectivity index (χ4v) is 1.77. The average molecular weight is 200 g/mol. The van der Waals surface area contributed by atoms with Crippen LogP contribution >= 0.6 is 0 Å². The van der Waals surface area contributed by atoms with Crippen molar-refractivity contribution in [1.82, 2.24) is 10.2 Å². The second kappa shape index (κ2) is 5.98. The van der Waals surface area contributed by atoms with E-state index in [-0.39, 0.29) is 12.5 Å². The summed E-state index contributed by atoms with van der Waals surface area (Å²) in [5.41, 5.74) is 0. The normalized spacial score (nSPS) is 19.6. The molecule has 0 bridgehead atoms. The molecule has 0 aliphatic carbocycles. The minimum absolute atomic E-state index is 0.144. The standard InChI is InChI=1S/C10H20N2O2/c1-2-10(14)11-9-3-5-12(6-4-9)7-8-13/h9,13H,2-8H2,1H3,(H,11,14). The second-order valence-corrected chi connectivity index (χ2v) is 3.76. The molecule has 14 heavy (non-hydrogen) atoms. The SMILES string of the molecule is CCC(=O)NC1CCN(CCO)CC1. The van der Waals surface area contributed by atoms with Crippen LogP contribution in [0.15, 0.2) is 0 Å². The first-order chi connectivity index (χ1) is 6.76. The predicted octanol–water partition coefficient (Wildman–Crippen LogP) is -0.0307. The van der Waals surface area contributed by atoms with Crippen molar-refractivity contribution in [3.63, 3.8) is 0 Å². The minimum atomic E-state index is 0.144. The number of hydrogen-bond donors (Lipinski definition) is 2. The van der Waals surface area contributed by atoms with Gasteiger partial charge in [-0.3, -0.25) is 4.79 Å². The Morgan fingerprint density at radius 3 is 2.64 bits per heavy atom. The molecule has 0 spiro atoms. The smallest absolute Gasteiger partial charge is 0.219 e. The number of carbonyl (C=O) groups is 1. The molecule has 0 aromatic heterocycles. The highest BCUT2D eigenvalue weighted by atomic mass is 16.3. The molecule has 0 unspecified atom stereocenters. The molecule has 1 heterocycles. The number of β-amino-alcohol motifs (C(OH)–C–C–N with tert-alkyl or cyclic N) is 1. The van der Waals surface area contributed by atoms with Crippen LogP contribution in [0.2, 0.25) is 0 Å². The van der Waals surface area contributed by atoms with Crippen molar-refractivity contribution in [3.8, 4) is 0 Å². The molecular formula is C10H20N2O2. The highest BCUT2D eigenvalue weighted by Gasteiger charge is 2.19. The number of amides is 1. The van der Waals surface area contributed by atoms with E-state index in [1.165, 1.54) is 0 Å². The van der Waals surface area contributed by atoms with Gasteiger partial charge in [0.2, 0.25) is 5.91 Å². The van der Waals surface area contributed by atoms with E-state index in [2.05, 4.69) is 10.2 Å². The summed E-state index contributed by atoms with van der Waals surface area (Å²) in [5, 5.41) is 11.8. The van der Waals surface area contributed by atoms with E-state index in [1.807, 2.05) is 6.92 Å². The van der Waals surface area contributed by atoms with Crippen LogP contribution in [0.5, 0.6) is 0 Å². The van der Waals surface area contributed by atoms with Crippen LogP contribution in [0.4, 0.5) is 0 Å². The predicted molar refractivity (Wildman–Crippen MR) is 55.0 cm³/mol. The highest BCUT2D eigenvalue weighted by molar-refractivity contribution is 5.75. The van der Waals surface area contributed by atoms with Gasteiger partial charge in [0.05, 0.1) is 6.61 Å². The number of rotatable bonds is 4. The zero-order valence-corrected chi connectivity index (χ0v) is 8.83. The first-order valence-electron chi connectivity index (χ1n) is 5.38. The highest BCUT2D eigenvalue weighted by Crippen LogP contribution is 2.09. The largest absolute Gasteiger partial charge is 0.395 e. The van der Waals surface area contributed by atoms with Gasteiger partial charge < -0.3 is 15.3 Å². The minimum Gasteiger partial charge on any atom is -0.395 e. The molecule has 0 radical (unpaired) electrons. The summed E-state index contributed by atoms with van der Waals surface area (Å²) in [6, 6.07) is 0.345. The van der Waals surface area contributed by atoms with Crippen molar-refractivity contribution < 1.29 is 9.90 Å². The molecule has 1 aliphatic heterocycles. The van der Waals surface area contributed by atoms with E-state index in [9.17, 15) is 4.79 Å². The lowest BCUT2D eigenvalue weighted by Crippen LogP contribution is -2.45. The third kappa shape index (κ3) is 3.64. The van der Waals surface area contributed by atoms with Gasteiger partial charge in [-0.25, -0.2) is 0 Å². The number of aliphatic hydroxyl groups excluding tert-OH is 1. The quantitative estimate of drug-likeness (QED) is 0.670. The number of aliphatic hydroxyl groups is 1. The molecule has 0 aromatic rings. The topological polar surface area (TPSA) is 52.6 Å². The van der Waals surface area contributed by atoms with E-state index in [0.29, 0.717) is 12.5 Å². The summed E-state index contributed by atoms with van der Waals surface area (Å²) in [5.74, 6) is 0.144. The van der Waals surface area contributed by atoms with Crippen molar-refractivity contribution in [2.45, 2.75) is 32.2 Å². The van der Waals surface area contributed by atoms with Gasteiger partial charge in [-0.05, 0) is 12.8 Å². The maximum absolute atomic E-state index is 11.1. The Morgan fingerprint density at radius 1 is 1.50 bits per heavy atom. The summed E-state index contributed by atoms with van der Waals surface area (Å²) in [6.45, 7) is 4.82. The Bertz CT molecular complexity index is 177. The molecule has 4 heteroatoms. The molecular weight excluding hydrogens is 180 g/mol. The molecule has 0 aromatic carbocycles. The van der Waals surface area contributed by atoms with Gasteiger partial charge in [0.25, 0.3) is 0 Å². The summed E-state index contributed by atoms with van der Waals surface area (Å²) < 4.78 is 0. The molecule has 82 valence electrons. The van der Waals surface area contributed by atoms with Crippen molar-refractivity contribution in [2.75, 3.05) is 26.2 Å². The van der Waals surface area contributed by atoms with Crippen LogP contribution in [0.25, 0.3) is 0 Å². The Kier molecular flexibility index (Phi) is 4.90. The van der Waals surface area contributed by atoms with Crippen LogP contribution in [0.3, 0.4) is 0 Å². The molecule has 0 atom stereocenters. The number of piperidine rings is 1. The van der Waals surface area contributed by atoms with Gasteiger partial charge >= 0.3 is 0 Å². The van der Waals surface area contributed by atoms with Crippen LogP contribution in [-0.4, -0.2) is 48.2 Å². The molecule has 4 nitrogen and oxygen atoms in total. The maximum Gasteiger partial charge on any atom is 0.219 e. The van der Waals surface area contributed by atoms with Crippen LogP contribution in [0, 0.1) is 0 Å². The van der Waals surface area contributed by atoms with E-state index in [1.54, 1.807) is 0 Å². The van der Waals surface area contributed by atoms with Gasteiger partial charge in [-0.2, -0.15) is 0 Å². The van der Waals surface area contributed by atoms with Gasteiger partial charge in [0.1, 0.15) is 0 Å². The monoisotopic (exact) mass is 200 g/mol. The Hall–Kier alpha value is -0.610. The summed E-state index contributed by atoms with van der Waals surface area (Å²) in [7, 11) is 0. The number of likely N-dealkylation sites (tertiary alicyclic amines) is 1. The first-order valence-corrected chi connectivity index (χ1v) is 5.38. The lowest BCUT2D eigenvalue weighted by Gasteiger charge is -2.31. The molecule has 1 saturated heterocycles. The zero-order chi connectivity index (χ0) is 10.4. The van der Waals surface area contributed by atoms with Gasteiger partial charge in [0.15, 0.2) is 0 Å². The van der Waals surface area contributed by atoms with Crippen molar-refractivity contribution >= 4 is 5.91 Å². The third-order valence-electron chi connectivity index (χ3n) is 2.69. The van der Waals surface area contributed by atoms with Crippen molar-refractivity contribution in [2.24, 2.45) is 0 Å². The van der Waals surface area contributed by atoms with Crippen molar-refractivity contribution in [3.05, 3.63) is 0 Å². The number of carbonyl (C=O) groups excluding carboxylic acids is 1. The lowest BCUT2D eigenvalue weighted by atomic mass is 10.1. The van der Waals surface area contributed by atoms with Crippen molar-refractivity contribution in [1.29, 1.82) is 0 Å². The Balaban J connectivity index is 2.18. The van der Waals surface area contributed by atoms with Gasteiger partial charge in [-0.1, -0.05) is 6.92 Å². The average Bonchev–Trinajstić information content (AvgIpc) is 2.21. The van der Waals surface area contributed by atoms with E-state index >= 15 is 0 Å². The van der Waals surface area contributed by atoms with E-state index in [0.717, 1.165) is 32.5 Å². The molecule has 1 rings (SSSR count). The molecule has 0 saturated carbocycles. The van der Waals surface area contributed by atoms with Crippen LogP contribution in [-0.2, 0) is 4.79 Å². The Morgan fingerprint density at radius 2 is 2.14 bits per heavy atom. The summed E-state index contributed by atoms with van der Waals surface area (Å²) in [6.07, 6.45) is 2.58.